The van der Waals surface area contributed by atoms with Gasteiger partial charge in [0.2, 0.25) is 0 Å². The number of nitrogens with one attached hydrogen (secondary N) is 1. The Bertz CT molecular complexity index is 1810. The second kappa shape index (κ2) is 10.5. The van der Waals surface area contributed by atoms with Gasteiger partial charge in [-0.1, -0.05) is 64.1 Å². The first-order chi connectivity index (χ1) is 19.0. The summed E-state index contributed by atoms with van der Waals surface area (Å²) in [5.41, 5.74) is 5.94. The number of carbonyl (C=O) groups is 1. The number of thioether (sulfide) groups is 1. The van der Waals surface area contributed by atoms with Gasteiger partial charge in [-0.15, -0.1) is 11.3 Å². The number of benzene rings is 3. The van der Waals surface area contributed by atoms with Gasteiger partial charge in [-0.3, -0.25) is 19.6 Å². The topological polar surface area (TPSA) is 69.9 Å². The van der Waals surface area contributed by atoms with Crippen LogP contribution >= 0.6 is 39.0 Å². The largest absolute Gasteiger partial charge is 0.334 e. The summed E-state index contributed by atoms with van der Waals surface area (Å²) in [5, 5.41) is 2.38. The van der Waals surface area contributed by atoms with Crippen molar-refractivity contribution in [1.29, 1.82) is 0 Å². The Balaban J connectivity index is 1.62. The predicted molar refractivity (Wildman–Crippen MR) is 164 cm³/mol. The van der Waals surface area contributed by atoms with E-state index in [2.05, 4.69) is 45.3 Å². The number of hydrazine groups is 1. The van der Waals surface area contributed by atoms with Gasteiger partial charge in [0.1, 0.15) is 19.8 Å². The maximum atomic E-state index is 14.0. The van der Waals surface area contributed by atoms with Crippen molar-refractivity contribution in [1.82, 2.24) is 9.99 Å². The van der Waals surface area contributed by atoms with E-state index in [1.807, 2.05) is 73.7 Å². The molecule has 4 aromatic rings. The molecule has 1 N–H and O–H groups in total. The number of aromatic nitrogens is 1. The molecule has 0 radical (unpaired) electrons. The van der Waals surface area contributed by atoms with Crippen molar-refractivity contribution in [3.8, 4) is 0 Å². The normalized spacial score (nSPS) is 18.6. The molecule has 0 atom stereocenters. The molecule has 1 fully saturated rings. The van der Waals surface area contributed by atoms with Crippen LogP contribution in [-0.2, 0) is 11.3 Å². The van der Waals surface area contributed by atoms with Crippen molar-refractivity contribution in [2.24, 2.45) is 4.99 Å². The number of fused-ring (bicyclic) bond motifs is 1. The summed E-state index contributed by atoms with van der Waals surface area (Å²) in [6, 6.07) is 25.1. The van der Waals surface area contributed by atoms with Crippen LogP contribution in [0, 0.1) is 0 Å². The lowest BCUT2D eigenvalue weighted by atomic mass is 10.2. The monoisotopic (exact) mass is 617 g/mol. The van der Waals surface area contributed by atoms with Crippen LogP contribution < -0.4 is 30.1 Å². The number of halogens is 1. The van der Waals surface area contributed by atoms with Crippen molar-refractivity contribution < 1.29 is 4.79 Å². The molecular weight excluding hydrogens is 594 g/mol. The molecule has 1 aromatic heterocycles. The molecule has 7 nitrogen and oxygen atoms in total. The van der Waals surface area contributed by atoms with E-state index in [1.54, 1.807) is 16.3 Å². The molecule has 1 amide bonds. The third kappa shape index (κ3) is 4.52. The quantitative estimate of drug-likeness (QED) is 0.355. The van der Waals surface area contributed by atoms with E-state index >= 15 is 0 Å². The highest BCUT2D eigenvalue weighted by molar-refractivity contribution is 9.10. The van der Waals surface area contributed by atoms with Crippen LogP contribution in [0.5, 0.6) is 0 Å². The van der Waals surface area contributed by atoms with E-state index in [9.17, 15) is 9.59 Å². The number of thiazole rings is 1. The first kappa shape index (κ1) is 25.7. The lowest BCUT2D eigenvalue weighted by molar-refractivity contribution is -0.113. The van der Waals surface area contributed by atoms with Crippen molar-refractivity contribution >= 4 is 78.4 Å². The van der Waals surface area contributed by atoms with Gasteiger partial charge in [-0.05, 0) is 56.3 Å². The van der Waals surface area contributed by atoms with E-state index in [-0.39, 0.29) is 11.5 Å². The summed E-state index contributed by atoms with van der Waals surface area (Å²) >= 11 is 6.45. The third-order valence-corrected chi connectivity index (χ3v) is 9.46. The maximum absolute atomic E-state index is 14.0. The lowest BCUT2D eigenvalue weighted by Crippen LogP contribution is -2.36. The summed E-state index contributed by atoms with van der Waals surface area (Å²) in [4.78, 5) is 35.9. The summed E-state index contributed by atoms with van der Waals surface area (Å²) in [6.45, 7) is 5.16. The Morgan fingerprint density at radius 1 is 0.923 bits per heavy atom. The van der Waals surface area contributed by atoms with E-state index < -0.39 is 0 Å². The van der Waals surface area contributed by atoms with Gasteiger partial charge < -0.3 is 4.90 Å². The van der Waals surface area contributed by atoms with Crippen molar-refractivity contribution in [3.05, 3.63) is 103 Å². The standard InChI is InChI=1S/C29H24BrN5O2S2/c1-3-33-21-15-8-9-16-22(21)38-29(33)24-27(37)34(4-2)28(39-24)23-25(31-19-12-10-11-18(30)17-19)32-35(26(23)36)20-13-6-5-7-14-20/h5-17H,3-4H2,1-2H3,(H,31,32). The van der Waals surface area contributed by atoms with Gasteiger partial charge in [0.25, 0.3) is 11.5 Å². The maximum Gasteiger partial charge on any atom is 0.283 e. The van der Waals surface area contributed by atoms with Crippen LogP contribution in [0.25, 0.3) is 10.6 Å². The van der Waals surface area contributed by atoms with Gasteiger partial charge in [0, 0.05) is 22.5 Å². The first-order valence-electron chi connectivity index (χ1n) is 12.5. The van der Waals surface area contributed by atoms with E-state index in [0.717, 1.165) is 26.6 Å². The highest BCUT2D eigenvalue weighted by atomic mass is 79.9. The smallest absolute Gasteiger partial charge is 0.283 e. The number of hydrogen-bond acceptors (Lipinski definition) is 6. The molecule has 1 saturated heterocycles. The number of para-hydroxylation sites is 2. The second-order valence-corrected chi connectivity index (χ2v) is 11.8. The molecule has 0 aliphatic carbocycles. The fourth-order valence-corrected chi connectivity index (χ4v) is 7.66. The molecule has 39 heavy (non-hydrogen) atoms. The summed E-state index contributed by atoms with van der Waals surface area (Å²) < 4.78 is 3.77. The number of anilines is 2. The molecule has 196 valence electrons. The van der Waals surface area contributed by atoms with Crippen molar-refractivity contribution in [2.75, 3.05) is 16.5 Å². The van der Waals surface area contributed by atoms with Gasteiger partial charge >= 0.3 is 0 Å². The highest BCUT2D eigenvalue weighted by Gasteiger charge is 2.36. The van der Waals surface area contributed by atoms with Crippen LogP contribution in [0.3, 0.4) is 0 Å². The van der Waals surface area contributed by atoms with Crippen LogP contribution in [-0.4, -0.2) is 22.9 Å². The Morgan fingerprint density at radius 2 is 1.69 bits per heavy atom. The molecule has 0 bridgehead atoms. The van der Waals surface area contributed by atoms with Gasteiger partial charge in [-0.25, -0.2) is 10.0 Å². The molecular formula is C29H24BrN5O2S2. The summed E-state index contributed by atoms with van der Waals surface area (Å²) in [7, 11) is 0. The number of amidine groups is 1. The number of carbonyl (C=O) groups excluding carboxylic acids is 1. The number of rotatable bonds is 4. The number of nitrogens with zero attached hydrogens (tertiary/aromatic N) is 4. The fraction of sp³-hybridized carbons (Fsp3) is 0.138. The van der Waals surface area contributed by atoms with Crippen LogP contribution in [0.2, 0.25) is 0 Å². The molecule has 0 unspecified atom stereocenters. The Labute approximate surface area is 241 Å². The van der Waals surface area contributed by atoms with Gasteiger partial charge in [0.15, 0.2) is 5.84 Å². The zero-order valence-electron chi connectivity index (χ0n) is 21.2. The second-order valence-electron chi connectivity index (χ2n) is 8.81. The molecule has 3 aromatic carbocycles. The van der Waals surface area contributed by atoms with Crippen LogP contribution in [0.1, 0.15) is 13.8 Å². The zero-order chi connectivity index (χ0) is 27.1. The minimum Gasteiger partial charge on any atom is -0.334 e. The minimum absolute atomic E-state index is 0.105. The number of aliphatic imine (C=N–C) groups is 1. The lowest BCUT2D eigenvalue weighted by Gasteiger charge is -2.16. The molecule has 0 saturated carbocycles. The van der Waals surface area contributed by atoms with Crippen LogP contribution in [0.15, 0.2) is 98.0 Å². The number of amides is 1. The molecule has 3 heterocycles. The summed E-state index contributed by atoms with van der Waals surface area (Å²) in [5.74, 6) is 0.140. The predicted octanol–water partition coefficient (Wildman–Crippen LogP) is 4.82. The Morgan fingerprint density at radius 3 is 2.44 bits per heavy atom. The average molecular weight is 619 g/mol. The summed E-state index contributed by atoms with van der Waals surface area (Å²) in [6.07, 6.45) is 0. The Hall–Kier alpha value is -3.60. The molecule has 2 aliphatic heterocycles. The average Bonchev–Trinajstić information content (AvgIpc) is 3.59. The highest BCUT2D eigenvalue weighted by Crippen LogP contribution is 2.45. The number of hydrogen-bond donors (Lipinski definition) is 1. The van der Waals surface area contributed by atoms with Crippen molar-refractivity contribution in [3.63, 3.8) is 0 Å². The first-order valence-corrected chi connectivity index (χ1v) is 15.0. The molecule has 2 aliphatic rings. The zero-order valence-corrected chi connectivity index (χ0v) is 24.4. The molecule has 0 spiro atoms. The Kier molecular flexibility index (Phi) is 6.92. The van der Waals surface area contributed by atoms with Crippen molar-refractivity contribution in [2.45, 2.75) is 25.3 Å². The molecule has 6 rings (SSSR count). The minimum atomic E-state index is -0.260. The SMILES string of the molecule is CCN1C(=c2sc(=C3C(=O)N(c4ccccc4)NC3=Nc3cccc(Br)c3)n(CC)c2=O)Sc2ccccc21. The van der Waals surface area contributed by atoms with E-state index in [4.69, 9.17) is 4.99 Å². The van der Waals surface area contributed by atoms with Gasteiger partial charge in [-0.2, -0.15) is 0 Å². The third-order valence-electron chi connectivity index (χ3n) is 6.47. The molecule has 10 heteroatoms. The van der Waals surface area contributed by atoms with Gasteiger partial charge in [0.05, 0.1) is 17.1 Å². The van der Waals surface area contributed by atoms with Crippen LogP contribution in [0.4, 0.5) is 17.1 Å². The fourth-order valence-electron chi connectivity index (χ4n) is 4.67. The van der Waals surface area contributed by atoms with E-state index in [0.29, 0.717) is 38.5 Å². The van der Waals surface area contributed by atoms with E-state index in [1.165, 1.54) is 16.3 Å².